The normalized spacial score (nSPS) is 12.0. The van der Waals surface area contributed by atoms with E-state index in [1.807, 2.05) is 48.5 Å². The lowest BCUT2D eigenvalue weighted by atomic mass is 10.2. The number of carbonyl (C=O) groups is 1. The minimum atomic E-state index is -0.391. The summed E-state index contributed by atoms with van der Waals surface area (Å²) in [5, 5.41) is 11.2. The first-order valence-corrected chi connectivity index (χ1v) is 10.1. The maximum absolute atomic E-state index is 12.4. The molecule has 0 radical (unpaired) electrons. The van der Waals surface area contributed by atoms with Crippen molar-refractivity contribution in [2.45, 2.75) is 17.3 Å². The number of carbonyl (C=O) groups excluding carboxylic acids is 1. The highest BCUT2D eigenvalue weighted by Gasteiger charge is 2.20. The summed E-state index contributed by atoms with van der Waals surface area (Å²) >= 11 is 8.10. The van der Waals surface area contributed by atoms with Gasteiger partial charge in [-0.25, -0.2) is 4.68 Å². The summed E-state index contributed by atoms with van der Waals surface area (Å²) in [6.07, 6.45) is 0. The van der Waals surface area contributed by atoms with Crippen molar-refractivity contribution in [3.63, 3.8) is 0 Å². The topological polar surface area (TPSA) is 85.8 Å². The van der Waals surface area contributed by atoms with E-state index in [4.69, 9.17) is 5.84 Å². The molecule has 1 unspecified atom stereocenters. The molecule has 26 heavy (non-hydrogen) atoms. The summed E-state index contributed by atoms with van der Waals surface area (Å²) in [4.78, 5) is 12.4. The lowest BCUT2D eigenvalue weighted by molar-refractivity contribution is -0.115. The number of amides is 1. The number of hydrogen-bond acceptors (Lipinski definition) is 5. The van der Waals surface area contributed by atoms with E-state index in [-0.39, 0.29) is 5.91 Å². The molecule has 0 aliphatic rings. The van der Waals surface area contributed by atoms with Crippen LogP contribution in [-0.4, -0.2) is 26.0 Å². The third-order valence-corrected chi connectivity index (χ3v) is 5.82. The molecule has 1 amide bonds. The molecule has 0 saturated carbocycles. The van der Waals surface area contributed by atoms with E-state index in [1.165, 1.54) is 16.4 Å². The molecule has 3 rings (SSSR count). The molecule has 0 fully saturated rings. The van der Waals surface area contributed by atoms with E-state index < -0.39 is 5.25 Å². The van der Waals surface area contributed by atoms with Crippen LogP contribution in [0.1, 0.15) is 6.92 Å². The van der Waals surface area contributed by atoms with Gasteiger partial charge in [-0.1, -0.05) is 55.8 Å². The van der Waals surface area contributed by atoms with Crippen molar-refractivity contribution in [2.75, 3.05) is 11.2 Å². The van der Waals surface area contributed by atoms with Crippen LogP contribution in [0.4, 0.5) is 5.69 Å². The van der Waals surface area contributed by atoms with Crippen LogP contribution < -0.4 is 11.2 Å². The Balaban J connectivity index is 1.71. The first kappa shape index (κ1) is 18.9. The summed E-state index contributed by atoms with van der Waals surface area (Å²) in [5.74, 6) is 6.53. The SMILES string of the molecule is CC(Sc1nnc(-c2ccccc2Br)n1N)C(=O)Nc1ccc(Br)cc1. The van der Waals surface area contributed by atoms with Crippen LogP contribution in [-0.2, 0) is 4.79 Å². The van der Waals surface area contributed by atoms with Crippen molar-refractivity contribution in [2.24, 2.45) is 0 Å². The average Bonchev–Trinajstić information content (AvgIpc) is 2.98. The first-order chi connectivity index (χ1) is 12.5. The molecule has 0 aliphatic heterocycles. The van der Waals surface area contributed by atoms with Gasteiger partial charge in [-0.15, -0.1) is 10.2 Å². The van der Waals surface area contributed by atoms with Crippen LogP contribution in [0.3, 0.4) is 0 Å². The highest BCUT2D eigenvalue weighted by atomic mass is 79.9. The fraction of sp³-hybridized carbons (Fsp3) is 0.118. The largest absolute Gasteiger partial charge is 0.335 e. The van der Waals surface area contributed by atoms with Crippen molar-refractivity contribution in [1.29, 1.82) is 0 Å². The fourth-order valence-corrected chi connectivity index (χ4v) is 3.67. The molecule has 1 atom stereocenters. The number of thioether (sulfide) groups is 1. The molecule has 2 aromatic carbocycles. The molecule has 1 heterocycles. The smallest absolute Gasteiger partial charge is 0.237 e. The minimum absolute atomic E-state index is 0.136. The minimum Gasteiger partial charge on any atom is -0.335 e. The molecule has 134 valence electrons. The van der Waals surface area contributed by atoms with E-state index >= 15 is 0 Å². The Bertz CT molecular complexity index is 929. The van der Waals surface area contributed by atoms with Gasteiger partial charge in [-0.3, -0.25) is 4.79 Å². The van der Waals surface area contributed by atoms with Gasteiger partial charge in [0.25, 0.3) is 0 Å². The van der Waals surface area contributed by atoms with Crippen molar-refractivity contribution in [3.05, 3.63) is 57.5 Å². The van der Waals surface area contributed by atoms with Crippen molar-refractivity contribution < 1.29 is 4.79 Å². The number of nitrogens with one attached hydrogen (secondary N) is 1. The van der Waals surface area contributed by atoms with Gasteiger partial charge in [0, 0.05) is 20.2 Å². The molecule has 3 N–H and O–H groups in total. The van der Waals surface area contributed by atoms with Crippen LogP contribution in [0, 0.1) is 0 Å². The van der Waals surface area contributed by atoms with Gasteiger partial charge < -0.3 is 11.2 Å². The molecule has 0 saturated heterocycles. The van der Waals surface area contributed by atoms with Gasteiger partial charge in [0.15, 0.2) is 5.82 Å². The van der Waals surface area contributed by atoms with Crippen LogP contribution in [0.15, 0.2) is 62.6 Å². The van der Waals surface area contributed by atoms with E-state index in [2.05, 4.69) is 47.4 Å². The van der Waals surface area contributed by atoms with Crippen molar-refractivity contribution in [3.8, 4) is 11.4 Å². The number of nitrogens with two attached hydrogens (primary N) is 1. The predicted octanol–water partition coefficient (Wildman–Crippen LogP) is 4.30. The Hall–Kier alpha value is -1.84. The Kier molecular flexibility index (Phi) is 6.00. The summed E-state index contributed by atoms with van der Waals surface area (Å²) in [6.45, 7) is 1.80. The zero-order valence-corrected chi connectivity index (χ0v) is 17.7. The van der Waals surface area contributed by atoms with Crippen LogP contribution >= 0.6 is 43.6 Å². The third-order valence-electron chi connectivity index (χ3n) is 3.54. The lowest BCUT2D eigenvalue weighted by Crippen LogP contribution is -2.23. The molecule has 1 aromatic heterocycles. The average molecular weight is 497 g/mol. The quantitative estimate of drug-likeness (QED) is 0.406. The van der Waals surface area contributed by atoms with Gasteiger partial charge in [0.05, 0.1) is 5.25 Å². The monoisotopic (exact) mass is 495 g/mol. The van der Waals surface area contributed by atoms with Gasteiger partial charge in [0.1, 0.15) is 0 Å². The number of nitrogens with zero attached hydrogens (tertiary/aromatic N) is 3. The van der Waals surface area contributed by atoms with Crippen LogP contribution in [0.25, 0.3) is 11.4 Å². The summed E-state index contributed by atoms with van der Waals surface area (Å²) in [6, 6.07) is 15.0. The van der Waals surface area contributed by atoms with E-state index in [0.29, 0.717) is 11.0 Å². The zero-order chi connectivity index (χ0) is 18.7. The number of aromatic nitrogens is 3. The number of nitrogen functional groups attached to an aromatic ring is 1. The molecule has 3 aromatic rings. The summed E-state index contributed by atoms with van der Waals surface area (Å²) in [7, 11) is 0. The van der Waals surface area contributed by atoms with Crippen LogP contribution in [0.2, 0.25) is 0 Å². The Morgan fingerprint density at radius 2 is 1.85 bits per heavy atom. The van der Waals surface area contributed by atoms with Crippen molar-refractivity contribution >= 4 is 55.2 Å². The standard InChI is InChI=1S/C17H15Br2N5OS/c1-10(16(25)21-12-8-6-11(18)7-9-12)26-17-23-22-15(24(17)20)13-4-2-3-5-14(13)19/h2-10H,20H2,1H3,(H,21,25). The second kappa shape index (κ2) is 8.24. The Morgan fingerprint density at radius 1 is 1.15 bits per heavy atom. The number of benzene rings is 2. The number of halogens is 2. The second-order valence-electron chi connectivity index (χ2n) is 5.41. The zero-order valence-electron chi connectivity index (χ0n) is 13.7. The highest BCUT2D eigenvalue weighted by Crippen LogP contribution is 2.29. The number of rotatable bonds is 5. The number of hydrogen-bond donors (Lipinski definition) is 2. The molecular weight excluding hydrogens is 482 g/mol. The van der Waals surface area contributed by atoms with Gasteiger partial charge in [0.2, 0.25) is 11.1 Å². The highest BCUT2D eigenvalue weighted by molar-refractivity contribution is 9.10. The van der Waals surface area contributed by atoms with Crippen LogP contribution in [0.5, 0.6) is 0 Å². The maximum Gasteiger partial charge on any atom is 0.237 e. The molecule has 9 heteroatoms. The van der Waals surface area contributed by atoms with Crippen molar-refractivity contribution in [1.82, 2.24) is 14.9 Å². The molecule has 0 aliphatic carbocycles. The number of anilines is 1. The van der Waals surface area contributed by atoms with E-state index in [9.17, 15) is 4.79 Å². The Labute approximate surface area is 171 Å². The van der Waals surface area contributed by atoms with Gasteiger partial charge in [-0.2, -0.15) is 0 Å². The van der Waals surface area contributed by atoms with E-state index in [1.54, 1.807) is 6.92 Å². The molecule has 0 bridgehead atoms. The lowest BCUT2D eigenvalue weighted by Gasteiger charge is -2.11. The van der Waals surface area contributed by atoms with E-state index in [0.717, 1.165) is 20.2 Å². The predicted molar refractivity (Wildman–Crippen MR) is 111 cm³/mol. The van der Waals surface area contributed by atoms with Gasteiger partial charge in [-0.05, 0) is 43.3 Å². The summed E-state index contributed by atoms with van der Waals surface area (Å²) in [5.41, 5.74) is 1.56. The van der Waals surface area contributed by atoms with Gasteiger partial charge >= 0.3 is 0 Å². The first-order valence-electron chi connectivity index (χ1n) is 7.64. The fourth-order valence-electron chi connectivity index (χ4n) is 2.17. The molecule has 0 spiro atoms. The Morgan fingerprint density at radius 3 is 2.54 bits per heavy atom. The molecule has 6 nitrogen and oxygen atoms in total. The second-order valence-corrected chi connectivity index (χ2v) is 8.49. The maximum atomic E-state index is 12.4. The summed E-state index contributed by atoms with van der Waals surface area (Å²) < 4.78 is 3.22. The third kappa shape index (κ3) is 4.28. The molecular formula is C17H15Br2N5OS.